The molecule has 1 rings (SSSR count). The third kappa shape index (κ3) is 6.92. The van der Waals surface area contributed by atoms with E-state index in [2.05, 4.69) is 10.1 Å². The summed E-state index contributed by atoms with van der Waals surface area (Å²) in [7, 11) is 2.57. The predicted octanol–water partition coefficient (Wildman–Crippen LogP) is 1.13. The van der Waals surface area contributed by atoms with Gasteiger partial charge < -0.3 is 19.7 Å². The number of esters is 1. The monoisotopic (exact) mass is 381 g/mol. The standard InChI is InChI=1S/C17H23N3O7/c1-17(2,3)18-14(21)9-19(4)15(22)10-27-13-7-6-11(16(23)26-5)8-12(13)20(24)25/h6-8H,9-10H2,1-5H3,(H,18,21). The highest BCUT2D eigenvalue weighted by molar-refractivity contribution is 5.90. The number of methoxy groups -OCH3 is 1. The van der Waals surface area contributed by atoms with Gasteiger partial charge in [0.05, 0.1) is 24.1 Å². The van der Waals surface area contributed by atoms with Gasteiger partial charge in [-0.25, -0.2) is 4.79 Å². The van der Waals surface area contributed by atoms with Crippen LogP contribution in [0.5, 0.6) is 5.75 Å². The number of likely N-dealkylation sites (N-methyl/N-ethyl adjacent to an activating group) is 1. The summed E-state index contributed by atoms with van der Waals surface area (Å²) in [5.41, 5.74) is -0.919. The molecule has 0 aliphatic heterocycles. The van der Waals surface area contributed by atoms with Crippen LogP contribution in [0.1, 0.15) is 31.1 Å². The van der Waals surface area contributed by atoms with Gasteiger partial charge in [-0.2, -0.15) is 0 Å². The fraction of sp³-hybridized carbons (Fsp3) is 0.471. The number of amides is 2. The molecule has 1 aromatic carbocycles. The Morgan fingerprint density at radius 2 is 1.89 bits per heavy atom. The van der Waals surface area contributed by atoms with E-state index in [1.54, 1.807) is 0 Å². The van der Waals surface area contributed by atoms with Gasteiger partial charge in [-0.1, -0.05) is 0 Å². The molecule has 0 aliphatic carbocycles. The summed E-state index contributed by atoms with van der Waals surface area (Å²) in [5, 5.41) is 13.9. The molecular formula is C17H23N3O7. The Bertz CT molecular complexity index is 741. The molecule has 0 aromatic heterocycles. The molecule has 0 unspecified atom stereocenters. The smallest absolute Gasteiger partial charge is 0.338 e. The number of hydrogen-bond donors (Lipinski definition) is 1. The number of hydrogen-bond acceptors (Lipinski definition) is 7. The first-order valence-corrected chi connectivity index (χ1v) is 7.99. The minimum atomic E-state index is -0.731. The molecule has 0 fully saturated rings. The summed E-state index contributed by atoms with van der Waals surface area (Å²) in [4.78, 5) is 47.0. The van der Waals surface area contributed by atoms with E-state index >= 15 is 0 Å². The lowest BCUT2D eigenvalue weighted by Gasteiger charge is -2.23. The number of ether oxygens (including phenoxy) is 2. The number of benzene rings is 1. The zero-order chi connectivity index (χ0) is 20.8. The summed E-state index contributed by atoms with van der Waals surface area (Å²) in [6, 6.07) is 3.51. The molecule has 0 spiro atoms. The second-order valence-electron chi connectivity index (χ2n) is 6.77. The van der Waals surface area contributed by atoms with Gasteiger partial charge in [0.25, 0.3) is 5.91 Å². The van der Waals surface area contributed by atoms with Crippen LogP contribution in [0.3, 0.4) is 0 Å². The van der Waals surface area contributed by atoms with Crippen LogP contribution >= 0.6 is 0 Å². The Balaban J connectivity index is 2.76. The van der Waals surface area contributed by atoms with Gasteiger partial charge in [-0.05, 0) is 32.9 Å². The minimum absolute atomic E-state index is 0.0150. The number of rotatable bonds is 7. The summed E-state index contributed by atoms with van der Waals surface area (Å²) in [5.74, 6) is -1.78. The maximum atomic E-state index is 12.1. The topological polar surface area (TPSA) is 128 Å². The van der Waals surface area contributed by atoms with Crippen molar-refractivity contribution in [3.05, 3.63) is 33.9 Å². The van der Waals surface area contributed by atoms with E-state index < -0.39 is 34.6 Å². The Kier molecular flexibility index (Phi) is 7.26. The first-order chi connectivity index (χ1) is 12.4. The molecule has 0 saturated heterocycles. The van der Waals surface area contributed by atoms with Crippen LogP contribution in [0.2, 0.25) is 0 Å². The number of carbonyl (C=O) groups is 3. The molecule has 0 aliphatic rings. The van der Waals surface area contributed by atoms with Crippen molar-refractivity contribution in [3.63, 3.8) is 0 Å². The normalized spacial score (nSPS) is 10.7. The lowest BCUT2D eigenvalue weighted by atomic mass is 10.1. The molecule has 0 atom stereocenters. The molecule has 0 radical (unpaired) electrons. The van der Waals surface area contributed by atoms with Crippen LogP contribution < -0.4 is 10.1 Å². The van der Waals surface area contributed by atoms with E-state index in [-0.39, 0.29) is 23.8 Å². The van der Waals surface area contributed by atoms with Gasteiger partial charge in [0.2, 0.25) is 5.91 Å². The highest BCUT2D eigenvalue weighted by Crippen LogP contribution is 2.28. The zero-order valence-corrected chi connectivity index (χ0v) is 15.9. The van der Waals surface area contributed by atoms with Crippen LogP contribution in [-0.2, 0) is 14.3 Å². The predicted molar refractivity (Wildman–Crippen MR) is 95.5 cm³/mol. The summed E-state index contributed by atoms with van der Waals surface area (Å²) < 4.78 is 9.73. The lowest BCUT2D eigenvalue weighted by molar-refractivity contribution is -0.385. The van der Waals surface area contributed by atoms with E-state index in [9.17, 15) is 24.5 Å². The third-order valence-electron chi connectivity index (χ3n) is 3.25. The zero-order valence-electron chi connectivity index (χ0n) is 15.9. The number of nitro benzene ring substituents is 1. The average Bonchev–Trinajstić information content (AvgIpc) is 2.56. The molecule has 0 bridgehead atoms. The maximum Gasteiger partial charge on any atom is 0.338 e. The van der Waals surface area contributed by atoms with Crippen molar-refractivity contribution in [3.8, 4) is 5.75 Å². The van der Waals surface area contributed by atoms with Crippen LogP contribution in [0.15, 0.2) is 18.2 Å². The van der Waals surface area contributed by atoms with E-state index in [0.29, 0.717) is 0 Å². The Morgan fingerprint density at radius 1 is 1.26 bits per heavy atom. The van der Waals surface area contributed by atoms with Crippen molar-refractivity contribution < 1.29 is 28.8 Å². The number of nitrogens with zero attached hydrogens (tertiary/aromatic N) is 2. The van der Waals surface area contributed by atoms with Gasteiger partial charge in [0.15, 0.2) is 12.4 Å². The first kappa shape index (κ1) is 21.9. The van der Waals surface area contributed by atoms with E-state index in [1.807, 2.05) is 20.8 Å². The Labute approximate surface area is 156 Å². The second kappa shape index (κ2) is 8.97. The molecule has 1 N–H and O–H groups in total. The largest absolute Gasteiger partial charge is 0.477 e. The van der Waals surface area contributed by atoms with Crippen molar-refractivity contribution in [1.29, 1.82) is 0 Å². The number of nitrogens with one attached hydrogen (secondary N) is 1. The molecule has 148 valence electrons. The van der Waals surface area contributed by atoms with Crippen molar-refractivity contribution >= 4 is 23.5 Å². The Morgan fingerprint density at radius 3 is 2.41 bits per heavy atom. The van der Waals surface area contributed by atoms with Gasteiger partial charge in [-0.3, -0.25) is 19.7 Å². The van der Waals surface area contributed by atoms with Crippen molar-refractivity contribution in [2.24, 2.45) is 0 Å². The summed E-state index contributed by atoms with van der Waals surface area (Å²) >= 11 is 0. The van der Waals surface area contributed by atoms with Crippen molar-refractivity contribution in [2.45, 2.75) is 26.3 Å². The first-order valence-electron chi connectivity index (χ1n) is 7.99. The third-order valence-corrected chi connectivity index (χ3v) is 3.25. The molecule has 2 amide bonds. The fourth-order valence-corrected chi connectivity index (χ4v) is 2.04. The van der Waals surface area contributed by atoms with Crippen molar-refractivity contribution in [2.75, 3.05) is 27.3 Å². The van der Waals surface area contributed by atoms with Gasteiger partial charge in [-0.15, -0.1) is 0 Å². The Hall–Kier alpha value is -3.17. The van der Waals surface area contributed by atoms with Crippen molar-refractivity contribution in [1.82, 2.24) is 10.2 Å². The average molecular weight is 381 g/mol. The number of nitro groups is 1. The molecule has 1 aromatic rings. The molecule has 10 heteroatoms. The molecule has 0 heterocycles. The summed E-state index contributed by atoms with van der Waals surface area (Å²) in [6.45, 7) is 4.76. The molecule has 27 heavy (non-hydrogen) atoms. The molecule has 0 saturated carbocycles. The van der Waals surface area contributed by atoms with Crippen LogP contribution in [0, 0.1) is 10.1 Å². The summed E-state index contributed by atoms with van der Waals surface area (Å²) in [6.07, 6.45) is 0. The van der Waals surface area contributed by atoms with E-state index in [4.69, 9.17) is 4.74 Å². The second-order valence-corrected chi connectivity index (χ2v) is 6.77. The van der Waals surface area contributed by atoms with Crippen LogP contribution in [0.25, 0.3) is 0 Å². The fourth-order valence-electron chi connectivity index (χ4n) is 2.04. The highest BCUT2D eigenvalue weighted by Gasteiger charge is 2.22. The quantitative estimate of drug-likeness (QED) is 0.426. The minimum Gasteiger partial charge on any atom is -0.477 e. The van der Waals surface area contributed by atoms with E-state index in [1.165, 1.54) is 19.2 Å². The molecular weight excluding hydrogens is 358 g/mol. The number of carbonyl (C=O) groups excluding carboxylic acids is 3. The van der Waals surface area contributed by atoms with Gasteiger partial charge in [0.1, 0.15) is 0 Å². The van der Waals surface area contributed by atoms with Crippen LogP contribution in [-0.4, -0.2) is 60.5 Å². The van der Waals surface area contributed by atoms with Gasteiger partial charge in [0, 0.05) is 18.7 Å². The SMILES string of the molecule is COC(=O)c1ccc(OCC(=O)N(C)CC(=O)NC(C)(C)C)c([N+](=O)[O-])c1. The molecule has 10 nitrogen and oxygen atoms in total. The van der Waals surface area contributed by atoms with Gasteiger partial charge >= 0.3 is 11.7 Å². The van der Waals surface area contributed by atoms with E-state index in [0.717, 1.165) is 18.1 Å². The maximum absolute atomic E-state index is 12.1. The highest BCUT2D eigenvalue weighted by atomic mass is 16.6. The van der Waals surface area contributed by atoms with Crippen LogP contribution in [0.4, 0.5) is 5.69 Å². The lowest BCUT2D eigenvalue weighted by Crippen LogP contribution is -2.47.